The van der Waals surface area contributed by atoms with Gasteiger partial charge in [-0.1, -0.05) is 33.6 Å². The molecule has 86 valence electrons. The van der Waals surface area contributed by atoms with Crippen LogP contribution in [0.2, 0.25) is 0 Å². The van der Waals surface area contributed by atoms with Crippen LogP contribution in [0.15, 0.2) is 0 Å². The Hall–Kier alpha value is -0.530. The first-order chi connectivity index (χ1) is 7.00. The van der Waals surface area contributed by atoms with Crippen LogP contribution >= 0.6 is 0 Å². The fraction of sp³-hybridized carbons (Fsp3) is 0.923. The van der Waals surface area contributed by atoms with Crippen LogP contribution in [-0.2, 0) is 4.79 Å². The van der Waals surface area contributed by atoms with E-state index in [2.05, 4.69) is 4.90 Å². The largest absolute Gasteiger partial charge is 0.336 e. The highest BCUT2D eigenvalue weighted by atomic mass is 16.2. The van der Waals surface area contributed by atoms with Crippen molar-refractivity contribution < 1.29 is 4.79 Å². The van der Waals surface area contributed by atoms with Crippen LogP contribution in [0.1, 0.15) is 59.3 Å². The fourth-order valence-electron chi connectivity index (χ4n) is 2.55. The van der Waals surface area contributed by atoms with Gasteiger partial charge in [0.05, 0.1) is 0 Å². The molecule has 2 aliphatic carbocycles. The Morgan fingerprint density at radius 3 is 1.87 bits per heavy atom. The minimum Gasteiger partial charge on any atom is -0.336 e. The van der Waals surface area contributed by atoms with E-state index >= 15 is 0 Å². The molecule has 1 amide bonds. The van der Waals surface area contributed by atoms with Gasteiger partial charge in [0, 0.05) is 17.5 Å². The molecule has 2 rings (SSSR count). The molecule has 0 spiro atoms. The Labute approximate surface area is 93.0 Å². The maximum absolute atomic E-state index is 12.4. The first-order valence-corrected chi connectivity index (χ1v) is 6.33. The van der Waals surface area contributed by atoms with E-state index in [-0.39, 0.29) is 5.41 Å². The third kappa shape index (κ3) is 2.35. The SMILES string of the molecule is CC(C)(C)C(=O)N(C1CCCC1)C1CC1. The van der Waals surface area contributed by atoms with Crippen LogP contribution in [0.3, 0.4) is 0 Å². The van der Waals surface area contributed by atoms with Crippen molar-refractivity contribution in [2.24, 2.45) is 5.41 Å². The molecule has 0 aromatic carbocycles. The summed E-state index contributed by atoms with van der Waals surface area (Å²) in [6, 6.07) is 1.14. The Kier molecular flexibility index (Phi) is 2.78. The van der Waals surface area contributed by atoms with Gasteiger partial charge in [-0.25, -0.2) is 0 Å². The molecule has 2 nitrogen and oxygen atoms in total. The highest BCUT2D eigenvalue weighted by molar-refractivity contribution is 5.82. The second-order valence-electron chi connectivity index (χ2n) is 6.13. The maximum Gasteiger partial charge on any atom is 0.228 e. The number of hydrogen-bond acceptors (Lipinski definition) is 1. The van der Waals surface area contributed by atoms with Crippen LogP contribution in [0.5, 0.6) is 0 Å². The van der Waals surface area contributed by atoms with E-state index in [1.54, 1.807) is 0 Å². The smallest absolute Gasteiger partial charge is 0.228 e. The Balaban J connectivity index is 2.08. The summed E-state index contributed by atoms with van der Waals surface area (Å²) in [6.45, 7) is 6.12. The van der Waals surface area contributed by atoms with Crippen molar-refractivity contribution in [1.29, 1.82) is 0 Å². The van der Waals surface area contributed by atoms with Gasteiger partial charge in [-0.15, -0.1) is 0 Å². The lowest BCUT2D eigenvalue weighted by atomic mass is 9.93. The molecule has 0 N–H and O–H groups in total. The summed E-state index contributed by atoms with van der Waals surface area (Å²) in [5.41, 5.74) is -0.203. The van der Waals surface area contributed by atoms with E-state index in [1.807, 2.05) is 20.8 Å². The van der Waals surface area contributed by atoms with Gasteiger partial charge in [0.1, 0.15) is 0 Å². The normalized spacial score (nSPS) is 23.1. The zero-order chi connectivity index (χ0) is 11.1. The molecule has 2 saturated carbocycles. The molecule has 2 aliphatic rings. The van der Waals surface area contributed by atoms with Crippen molar-refractivity contribution in [1.82, 2.24) is 4.90 Å². The van der Waals surface area contributed by atoms with Crippen LogP contribution in [0.4, 0.5) is 0 Å². The van der Waals surface area contributed by atoms with E-state index < -0.39 is 0 Å². The molecule has 0 aromatic heterocycles. The van der Waals surface area contributed by atoms with Gasteiger partial charge in [-0.3, -0.25) is 4.79 Å². The number of carbonyl (C=O) groups excluding carboxylic acids is 1. The van der Waals surface area contributed by atoms with Gasteiger partial charge in [-0.2, -0.15) is 0 Å². The van der Waals surface area contributed by atoms with E-state index in [0.717, 1.165) is 0 Å². The molecule has 0 unspecified atom stereocenters. The van der Waals surface area contributed by atoms with Crippen LogP contribution < -0.4 is 0 Å². The molecule has 2 heteroatoms. The highest BCUT2D eigenvalue weighted by Gasteiger charge is 2.41. The second-order valence-corrected chi connectivity index (χ2v) is 6.13. The molecule has 0 bridgehead atoms. The fourth-order valence-corrected chi connectivity index (χ4v) is 2.55. The third-order valence-electron chi connectivity index (χ3n) is 3.53. The van der Waals surface area contributed by atoms with Crippen LogP contribution in [-0.4, -0.2) is 22.9 Å². The molecule has 15 heavy (non-hydrogen) atoms. The van der Waals surface area contributed by atoms with E-state index in [4.69, 9.17) is 0 Å². The molecule has 0 heterocycles. The molecule has 2 fully saturated rings. The van der Waals surface area contributed by atoms with Crippen molar-refractivity contribution in [2.75, 3.05) is 0 Å². The molecule has 0 saturated heterocycles. The lowest BCUT2D eigenvalue weighted by molar-refractivity contribution is -0.142. The summed E-state index contributed by atoms with van der Waals surface area (Å²) in [6.07, 6.45) is 7.56. The summed E-state index contributed by atoms with van der Waals surface area (Å²) in [7, 11) is 0. The first-order valence-electron chi connectivity index (χ1n) is 6.33. The molecule has 0 aliphatic heterocycles. The van der Waals surface area contributed by atoms with E-state index in [1.165, 1.54) is 38.5 Å². The number of hydrogen-bond donors (Lipinski definition) is 0. The van der Waals surface area contributed by atoms with Gasteiger partial charge in [0.15, 0.2) is 0 Å². The van der Waals surface area contributed by atoms with Gasteiger partial charge < -0.3 is 4.90 Å². The number of carbonyl (C=O) groups is 1. The standard InChI is InChI=1S/C13H23NO/c1-13(2,3)12(15)14(11-8-9-11)10-6-4-5-7-10/h10-11H,4-9H2,1-3H3. The predicted octanol–water partition coefficient (Wildman–Crippen LogP) is 2.97. The van der Waals surface area contributed by atoms with Gasteiger partial charge in [0.2, 0.25) is 5.91 Å². The minimum atomic E-state index is -0.203. The van der Waals surface area contributed by atoms with Crippen molar-refractivity contribution >= 4 is 5.91 Å². The average molecular weight is 209 g/mol. The number of amides is 1. The van der Waals surface area contributed by atoms with E-state index in [9.17, 15) is 4.79 Å². The van der Waals surface area contributed by atoms with Gasteiger partial charge >= 0.3 is 0 Å². The molecular weight excluding hydrogens is 186 g/mol. The summed E-state index contributed by atoms with van der Waals surface area (Å²) in [4.78, 5) is 14.6. The lowest BCUT2D eigenvalue weighted by Gasteiger charge is -2.34. The lowest BCUT2D eigenvalue weighted by Crippen LogP contribution is -2.46. The molecular formula is C13H23NO. The highest BCUT2D eigenvalue weighted by Crippen LogP contribution is 2.37. The quantitative estimate of drug-likeness (QED) is 0.684. The number of rotatable bonds is 2. The van der Waals surface area contributed by atoms with Gasteiger partial charge in [0.25, 0.3) is 0 Å². The Bertz CT molecular complexity index is 244. The van der Waals surface area contributed by atoms with Crippen molar-refractivity contribution in [3.63, 3.8) is 0 Å². The maximum atomic E-state index is 12.4. The van der Waals surface area contributed by atoms with Crippen LogP contribution in [0, 0.1) is 5.41 Å². The average Bonchev–Trinajstić information content (AvgIpc) is 2.80. The summed E-state index contributed by atoms with van der Waals surface area (Å²) in [5, 5.41) is 0. The minimum absolute atomic E-state index is 0.203. The summed E-state index contributed by atoms with van der Waals surface area (Å²) in [5.74, 6) is 0.372. The summed E-state index contributed by atoms with van der Waals surface area (Å²) < 4.78 is 0. The Morgan fingerprint density at radius 1 is 1.00 bits per heavy atom. The van der Waals surface area contributed by atoms with Crippen LogP contribution in [0.25, 0.3) is 0 Å². The summed E-state index contributed by atoms with van der Waals surface area (Å²) >= 11 is 0. The van der Waals surface area contributed by atoms with Crippen molar-refractivity contribution in [3.05, 3.63) is 0 Å². The third-order valence-corrected chi connectivity index (χ3v) is 3.53. The van der Waals surface area contributed by atoms with Crippen molar-refractivity contribution in [3.8, 4) is 0 Å². The van der Waals surface area contributed by atoms with Gasteiger partial charge in [-0.05, 0) is 25.7 Å². The molecule has 0 aromatic rings. The predicted molar refractivity (Wildman–Crippen MR) is 61.6 cm³/mol. The topological polar surface area (TPSA) is 20.3 Å². The van der Waals surface area contributed by atoms with E-state index in [0.29, 0.717) is 18.0 Å². The molecule has 0 atom stereocenters. The first kappa shape index (κ1) is 11.0. The molecule has 0 radical (unpaired) electrons. The zero-order valence-corrected chi connectivity index (χ0v) is 10.3. The van der Waals surface area contributed by atoms with Crippen molar-refractivity contribution in [2.45, 2.75) is 71.4 Å². The zero-order valence-electron chi connectivity index (χ0n) is 10.3. The second kappa shape index (κ2) is 3.80. The Morgan fingerprint density at radius 2 is 1.47 bits per heavy atom. The number of nitrogens with zero attached hydrogens (tertiary/aromatic N) is 1. The monoisotopic (exact) mass is 209 g/mol.